The number of methoxy groups -OCH3 is 1. The fourth-order valence-corrected chi connectivity index (χ4v) is 2.20. The Morgan fingerprint density at radius 1 is 1.63 bits per heavy atom. The lowest BCUT2D eigenvalue weighted by Gasteiger charge is -2.21. The van der Waals surface area contributed by atoms with Gasteiger partial charge in [0, 0.05) is 6.07 Å². The molecule has 0 aromatic carbocycles. The molecule has 0 bridgehead atoms. The molecule has 1 atom stereocenters. The van der Waals surface area contributed by atoms with Gasteiger partial charge in [0.05, 0.1) is 19.3 Å². The lowest BCUT2D eigenvalue weighted by Crippen LogP contribution is -2.41. The average molecular weight is 267 g/mol. The zero-order chi connectivity index (χ0) is 13.8. The van der Waals surface area contributed by atoms with Crippen LogP contribution in [-0.2, 0) is 14.3 Å². The van der Waals surface area contributed by atoms with E-state index in [1.165, 1.54) is 7.11 Å². The number of ether oxygens (including phenoxy) is 1. The van der Waals surface area contributed by atoms with Gasteiger partial charge in [0.2, 0.25) is 11.8 Å². The van der Waals surface area contributed by atoms with Gasteiger partial charge in [-0.2, -0.15) is 0 Å². The molecule has 1 amide bonds. The van der Waals surface area contributed by atoms with Crippen molar-refractivity contribution in [2.75, 3.05) is 25.5 Å². The number of aromatic nitrogens is 1. The van der Waals surface area contributed by atoms with Gasteiger partial charge in [-0.1, -0.05) is 5.16 Å². The van der Waals surface area contributed by atoms with Gasteiger partial charge in [-0.25, -0.2) is 0 Å². The first kappa shape index (κ1) is 13.5. The predicted molar refractivity (Wildman–Crippen MR) is 66.5 cm³/mol. The minimum absolute atomic E-state index is 0.138. The van der Waals surface area contributed by atoms with Crippen LogP contribution in [0.15, 0.2) is 10.6 Å². The number of anilines is 1. The molecule has 7 heteroatoms. The van der Waals surface area contributed by atoms with Gasteiger partial charge >= 0.3 is 5.97 Å². The number of nitrogens with zero attached hydrogens (tertiary/aromatic N) is 2. The summed E-state index contributed by atoms with van der Waals surface area (Å²) in [5.41, 5.74) is 0.698. The van der Waals surface area contributed by atoms with Crippen molar-refractivity contribution >= 4 is 17.8 Å². The third-order valence-corrected chi connectivity index (χ3v) is 3.07. The van der Waals surface area contributed by atoms with E-state index >= 15 is 0 Å². The molecule has 2 heterocycles. The summed E-state index contributed by atoms with van der Waals surface area (Å²) < 4.78 is 9.63. The number of rotatable bonds is 4. The second-order valence-corrected chi connectivity index (χ2v) is 4.53. The van der Waals surface area contributed by atoms with Crippen LogP contribution in [0.25, 0.3) is 0 Å². The van der Waals surface area contributed by atoms with E-state index in [1.807, 2.05) is 4.90 Å². The van der Waals surface area contributed by atoms with E-state index in [0.717, 1.165) is 12.8 Å². The third-order valence-electron chi connectivity index (χ3n) is 3.07. The van der Waals surface area contributed by atoms with Gasteiger partial charge in [-0.3, -0.25) is 19.8 Å². The first-order valence-electron chi connectivity index (χ1n) is 6.15. The van der Waals surface area contributed by atoms with Crippen LogP contribution in [0.1, 0.15) is 18.5 Å². The maximum atomic E-state index is 11.8. The first-order chi connectivity index (χ1) is 9.10. The smallest absolute Gasteiger partial charge is 0.323 e. The molecule has 7 nitrogen and oxygen atoms in total. The van der Waals surface area contributed by atoms with Crippen molar-refractivity contribution in [2.24, 2.45) is 0 Å². The molecule has 1 aliphatic heterocycles. The highest BCUT2D eigenvalue weighted by atomic mass is 16.5. The van der Waals surface area contributed by atoms with Crippen LogP contribution in [0.3, 0.4) is 0 Å². The number of carbonyl (C=O) groups excluding carboxylic acids is 2. The summed E-state index contributed by atoms with van der Waals surface area (Å²) in [6, 6.07) is 1.31. The maximum absolute atomic E-state index is 11.8. The summed E-state index contributed by atoms with van der Waals surface area (Å²) in [7, 11) is 1.36. The van der Waals surface area contributed by atoms with Crippen molar-refractivity contribution in [2.45, 2.75) is 25.8 Å². The summed E-state index contributed by atoms with van der Waals surface area (Å²) in [5, 5.41) is 6.29. The number of likely N-dealkylation sites (tertiary alicyclic amines) is 1. The molecule has 1 fully saturated rings. The van der Waals surface area contributed by atoms with Crippen molar-refractivity contribution in [3.8, 4) is 0 Å². The van der Waals surface area contributed by atoms with E-state index in [1.54, 1.807) is 13.0 Å². The van der Waals surface area contributed by atoms with Crippen LogP contribution >= 0.6 is 0 Å². The molecule has 104 valence electrons. The Bertz CT molecular complexity index is 471. The SMILES string of the molecule is COC(=O)C1CCCN1CC(=O)Nc1cc(C)no1. The summed E-state index contributed by atoms with van der Waals surface area (Å²) in [5.74, 6) is -0.205. The van der Waals surface area contributed by atoms with Crippen LogP contribution in [0, 0.1) is 6.92 Å². The molecule has 0 aliphatic carbocycles. The molecule has 1 aromatic heterocycles. The summed E-state index contributed by atoms with van der Waals surface area (Å²) in [6.45, 7) is 2.62. The van der Waals surface area contributed by atoms with Crippen LogP contribution in [-0.4, -0.2) is 48.2 Å². The predicted octanol–water partition coefficient (Wildman–Crippen LogP) is 0.559. The second-order valence-electron chi connectivity index (χ2n) is 4.53. The third kappa shape index (κ3) is 3.31. The highest BCUT2D eigenvalue weighted by Gasteiger charge is 2.32. The summed E-state index contributed by atoms with van der Waals surface area (Å²) in [6.07, 6.45) is 1.61. The lowest BCUT2D eigenvalue weighted by atomic mass is 10.2. The monoisotopic (exact) mass is 267 g/mol. The Morgan fingerprint density at radius 3 is 3.05 bits per heavy atom. The zero-order valence-corrected chi connectivity index (χ0v) is 11.0. The Hall–Kier alpha value is -1.89. The van der Waals surface area contributed by atoms with E-state index in [9.17, 15) is 9.59 Å². The van der Waals surface area contributed by atoms with Gasteiger partial charge in [0.25, 0.3) is 0 Å². The van der Waals surface area contributed by atoms with Crippen molar-refractivity contribution in [3.63, 3.8) is 0 Å². The molecule has 19 heavy (non-hydrogen) atoms. The number of amides is 1. The van der Waals surface area contributed by atoms with E-state index in [4.69, 9.17) is 9.26 Å². The van der Waals surface area contributed by atoms with E-state index in [0.29, 0.717) is 18.1 Å². The highest BCUT2D eigenvalue weighted by Crippen LogP contribution is 2.18. The van der Waals surface area contributed by atoms with Gasteiger partial charge in [0.15, 0.2) is 0 Å². The van der Waals surface area contributed by atoms with Gasteiger partial charge in [-0.05, 0) is 26.3 Å². The molecule has 1 aliphatic rings. The minimum Gasteiger partial charge on any atom is -0.468 e. The topological polar surface area (TPSA) is 84.7 Å². The number of nitrogens with one attached hydrogen (secondary N) is 1. The molecule has 1 N–H and O–H groups in total. The molecule has 0 radical (unpaired) electrons. The Kier molecular flexibility index (Phi) is 4.16. The minimum atomic E-state index is -0.327. The van der Waals surface area contributed by atoms with Crippen LogP contribution in [0.2, 0.25) is 0 Å². The fraction of sp³-hybridized carbons (Fsp3) is 0.583. The van der Waals surface area contributed by atoms with Crippen molar-refractivity contribution in [3.05, 3.63) is 11.8 Å². The highest BCUT2D eigenvalue weighted by molar-refractivity contribution is 5.91. The van der Waals surface area contributed by atoms with Gasteiger partial charge in [-0.15, -0.1) is 0 Å². The quantitative estimate of drug-likeness (QED) is 0.802. The molecule has 0 spiro atoms. The largest absolute Gasteiger partial charge is 0.468 e. The summed E-state index contributed by atoms with van der Waals surface area (Å²) >= 11 is 0. The first-order valence-corrected chi connectivity index (χ1v) is 6.15. The molecular formula is C12H17N3O4. The lowest BCUT2D eigenvalue weighted by molar-refractivity contribution is -0.146. The Balaban J connectivity index is 1.89. The Labute approximate surface area is 110 Å². The molecule has 2 rings (SSSR count). The van der Waals surface area contributed by atoms with Crippen LogP contribution in [0.4, 0.5) is 5.88 Å². The van der Waals surface area contributed by atoms with Crippen molar-refractivity contribution < 1.29 is 18.8 Å². The second kappa shape index (κ2) is 5.83. The number of aryl methyl sites for hydroxylation is 1. The Morgan fingerprint density at radius 2 is 2.42 bits per heavy atom. The van der Waals surface area contributed by atoms with Gasteiger partial charge in [0.1, 0.15) is 6.04 Å². The van der Waals surface area contributed by atoms with Gasteiger partial charge < -0.3 is 9.26 Å². The average Bonchev–Trinajstić information content (AvgIpc) is 2.97. The normalized spacial score (nSPS) is 19.4. The fourth-order valence-electron chi connectivity index (χ4n) is 2.20. The molecule has 0 saturated carbocycles. The zero-order valence-electron chi connectivity index (χ0n) is 11.0. The maximum Gasteiger partial charge on any atom is 0.323 e. The molecule has 1 aromatic rings. The van der Waals surface area contributed by atoms with Crippen molar-refractivity contribution in [1.29, 1.82) is 0 Å². The molecular weight excluding hydrogens is 250 g/mol. The number of esters is 1. The molecule has 1 saturated heterocycles. The number of carbonyl (C=O) groups is 2. The number of hydrogen-bond acceptors (Lipinski definition) is 6. The van der Waals surface area contributed by atoms with E-state index in [-0.39, 0.29) is 24.5 Å². The standard InChI is InChI=1S/C12H17N3O4/c1-8-6-11(19-14-8)13-10(16)7-15-5-3-4-9(15)12(17)18-2/h6,9H,3-5,7H2,1-2H3,(H,13,16). The number of hydrogen-bond donors (Lipinski definition) is 1. The molecule has 1 unspecified atom stereocenters. The van der Waals surface area contributed by atoms with Crippen LogP contribution < -0.4 is 5.32 Å². The van der Waals surface area contributed by atoms with E-state index < -0.39 is 0 Å². The van der Waals surface area contributed by atoms with Crippen molar-refractivity contribution in [1.82, 2.24) is 10.1 Å². The van der Waals surface area contributed by atoms with E-state index in [2.05, 4.69) is 10.5 Å². The summed E-state index contributed by atoms with van der Waals surface area (Å²) in [4.78, 5) is 25.2. The van der Waals surface area contributed by atoms with Crippen LogP contribution in [0.5, 0.6) is 0 Å².